The number of amides is 1. The summed E-state index contributed by atoms with van der Waals surface area (Å²) in [5.41, 5.74) is 2.31. The zero-order valence-corrected chi connectivity index (χ0v) is 18.8. The number of carbonyl (C=O) groups excluding carboxylic acids is 1. The maximum Gasteiger partial charge on any atom is 0.224 e. The number of imidazole rings is 1. The van der Waals surface area contributed by atoms with Gasteiger partial charge >= 0.3 is 0 Å². The van der Waals surface area contributed by atoms with E-state index in [1.807, 2.05) is 0 Å². The van der Waals surface area contributed by atoms with Gasteiger partial charge in [-0.1, -0.05) is 45.2 Å². The zero-order valence-electron chi connectivity index (χ0n) is 18.8. The van der Waals surface area contributed by atoms with Crippen LogP contribution in [0.4, 0.5) is 5.95 Å². The molecule has 0 spiro atoms. The largest absolute Gasteiger partial charge is 0.356 e. The van der Waals surface area contributed by atoms with Crippen molar-refractivity contribution in [1.82, 2.24) is 14.9 Å². The minimum atomic E-state index is 0.0638. The van der Waals surface area contributed by atoms with Gasteiger partial charge in [-0.2, -0.15) is 0 Å². The Morgan fingerprint density at radius 1 is 1.13 bits per heavy atom. The van der Waals surface area contributed by atoms with Crippen LogP contribution in [-0.4, -0.2) is 35.1 Å². The lowest BCUT2D eigenvalue weighted by molar-refractivity contribution is -0.125. The van der Waals surface area contributed by atoms with E-state index in [4.69, 9.17) is 4.98 Å². The molecular weight excluding hydrogens is 372 g/mol. The number of rotatable bonds is 7. The van der Waals surface area contributed by atoms with E-state index in [9.17, 15) is 4.79 Å². The van der Waals surface area contributed by atoms with Crippen LogP contribution in [0, 0.1) is 17.8 Å². The quantitative estimate of drug-likeness (QED) is 0.699. The van der Waals surface area contributed by atoms with Crippen molar-refractivity contribution in [2.24, 2.45) is 17.8 Å². The van der Waals surface area contributed by atoms with Crippen LogP contribution in [0.15, 0.2) is 24.3 Å². The van der Waals surface area contributed by atoms with Crippen molar-refractivity contribution >= 4 is 22.9 Å². The van der Waals surface area contributed by atoms with Crippen LogP contribution in [0.25, 0.3) is 11.0 Å². The lowest BCUT2D eigenvalue weighted by Crippen LogP contribution is -2.44. The van der Waals surface area contributed by atoms with Gasteiger partial charge in [0.05, 0.1) is 17.0 Å². The average Bonchev–Trinajstić information content (AvgIpc) is 3.13. The molecule has 2 heterocycles. The highest BCUT2D eigenvalue weighted by Gasteiger charge is 2.29. The Morgan fingerprint density at radius 3 is 2.73 bits per heavy atom. The summed E-state index contributed by atoms with van der Waals surface area (Å²) < 4.78 is 2.45. The SMILES string of the molecule is CC(C)CCNC(=O)[C@@H]1CCCN(c2nc3ccccc3n2CC2CCCCC2)C1. The fourth-order valence-electron chi connectivity index (χ4n) is 5.11. The molecule has 1 atom stereocenters. The molecule has 5 heteroatoms. The fourth-order valence-corrected chi connectivity index (χ4v) is 5.11. The fraction of sp³-hybridized carbons (Fsp3) is 0.680. The van der Waals surface area contributed by atoms with E-state index in [1.165, 1.54) is 37.6 Å². The van der Waals surface area contributed by atoms with E-state index in [0.717, 1.165) is 62.8 Å². The molecule has 2 aliphatic rings. The van der Waals surface area contributed by atoms with Crippen molar-refractivity contribution in [3.63, 3.8) is 0 Å². The molecule has 30 heavy (non-hydrogen) atoms. The lowest BCUT2D eigenvalue weighted by Gasteiger charge is -2.34. The third-order valence-electron chi connectivity index (χ3n) is 6.90. The molecule has 1 aliphatic heterocycles. The smallest absolute Gasteiger partial charge is 0.224 e. The summed E-state index contributed by atoms with van der Waals surface area (Å²) in [6, 6.07) is 8.52. The Kier molecular flexibility index (Phi) is 6.96. The highest BCUT2D eigenvalue weighted by molar-refractivity contribution is 5.81. The second-order valence-electron chi connectivity index (χ2n) is 9.77. The van der Waals surface area contributed by atoms with Crippen molar-refractivity contribution in [1.29, 1.82) is 0 Å². The molecule has 1 aromatic carbocycles. The number of piperidine rings is 1. The number of fused-ring (bicyclic) bond motifs is 1. The van der Waals surface area contributed by atoms with E-state index in [-0.39, 0.29) is 11.8 Å². The molecule has 1 saturated carbocycles. The van der Waals surface area contributed by atoms with Gasteiger partial charge in [-0.05, 0) is 56.1 Å². The van der Waals surface area contributed by atoms with Gasteiger partial charge in [0, 0.05) is 26.2 Å². The standard InChI is InChI=1S/C25H38N4O/c1-19(2)14-15-26-24(30)21-11-8-16-28(18-21)25-27-22-12-6-7-13-23(22)29(25)17-20-9-4-3-5-10-20/h6-7,12-13,19-21H,3-5,8-11,14-18H2,1-2H3,(H,26,30)/t21-/m1/s1. The van der Waals surface area contributed by atoms with Crippen molar-refractivity contribution in [2.45, 2.75) is 71.8 Å². The molecule has 4 rings (SSSR count). The second-order valence-corrected chi connectivity index (χ2v) is 9.77. The normalized spacial score (nSPS) is 20.8. The van der Waals surface area contributed by atoms with Crippen molar-refractivity contribution < 1.29 is 4.79 Å². The molecule has 2 aromatic rings. The number of benzene rings is 1. The third kappa shape index (κ3) is 4.98. The number of aromatic nitrogens is 2. The molecular formula is C25H38N4O. The van der Waals surface area contributed by atoms with Crippen molar-refractivity contribution in [2.75, 3.05) is 24.5 Å². The van der Waals surface area contributed by atoms with Crippen LogP contribution in [0.2, 0.25) is 0 Å². The van der Waals surface area contributed by atoms with Crippen LogP contribution in [-0.2, 0) is 11.3 Å². The summed E-state index contributed by atoms with van der Waals surface area (Å²) in [5, 5.41) is 3.17. The molecule has 0 radical (unpaired) electrons. The minimum Gasteiger partial charge on any atom is -0.356 e. The van der Waals surface area contributed by atoms with Crippen molar-refractivity contribution in [3.8, 4) is 0 Å². The second kappa shape index (κ2) is 9.84. The number of carbonyl (C=O) groups is 1. The summed E-state index contributed by atoms with van der Waals surface area (Å²) in [7, 11) is 0. The summed E-state index contributed by atoms with van der Waals surface area (Å²) in [6.45, 7) is 8.01. The minimum absolute atomic E-state index is 0.0638. The van der Waals surface area contributed by atoms with Gasteiger partial charge < -0.3 is 14.8 Å². The number of hydrogen-bond donors (Lipinski definition) is 1. The summed E-state index contributed by atoms with van der Waals surface area (Å²) in [5.74, 6) is 2.72. The van der Waals surface area contributed by atoms with Gasteiger partial charge in [0.2, 0.25) is 11.9 Å². The van der Waals surface area contributed by atoms with Crippen LogP contribution >= 0.6 is 0 Å². The Balaban J connectivity index is 1.51. The van der Waals surface area contributed by atoms with E-state index in [0.29, 0.717) is 5.92 Å². The molecule has 1 N–H and O–H groups in total. The Labute approximate surface area is 181 Å². The zero-order chi connectivity index (χ0) is 20.9. The van der Waals surface area contributed by atoms with Crippen LogP contribution in [0.5, 0.6) is 0 Å². The predicted octanol–water partition coefficient (Wildman–Crippen LogP) is 5.00. The number of nitrogens with zero attached hydrogens (tertiary/aromatic N) is 3. The monoisotopic (exact) mass is 410 g/mol. The van der Waals surface area contributed by atoms with Crippen LogP contribution in [0.3, 0.4) is 0 Å². The van der Waals surface area contributed by atoms with Crippen LogP contribution < -0.4 is 10.2 Å². The van der Waals surface area contributed by atoms with Gasteiger partial charge in [0.25, 0.3) is 0 Å². The number of anilines is 1. The maximum atomic E-state index is 12.8. The highest BCUT2D eigenvalue weighted by atomic mass is 16.1. The molecule has 5 nitrogen and oxygen atoms in total. The van der Waals surface area contributed by atoms with E-state index >= 15 is 0 Å². The molecule has 1 saturated heterocycles. The maximum absolute atomic E-state index is 12.8. The Hall–Kier alpha value is -2.04. The first-order valence-corrected chi connectivity index (χ1v) is 12.1. The summed E-state index contributed by atoms with van der Waals surface area (Å²) >= 11 is 0. The molecule has 164 valence electrons. The molecule has 1 aliphatic carbocycles. The molecule has 1 aromatic heterocycles. The highest BCUT2D eigenvalue weighted by Crippen LogP contribution is 2.31. The Bertz CT molecular complexity index is 837. The van der Waals surface area contributed by atoms with Gasteiger partial charge in [-0.25, -0.2) is 4.98 Å². The number of para-hydroxylation sites is 2. The van der Waals surface area contributed by atoms with Gasteiger partial charge in [0.15, 0.2) is 0 Å². The molecule has 2 fully saturated rings. The first-order chi connectivity index (χ1) is 14.6. The van der Waals surface area contributed by atoms with Gasteiger partial charge in [-0.3, -0.25) is 4.79 Å². The van der Waals surface area contributed by atoms with Crippen LogP contribution in [0.1, 0.15) is 65.2 Å². The Morgan fingerprint density at radius 2 is 1.93 bits per heavy atom. The van der Waals surface area contributed by atoms with Gasteiger partial charge in [-0.15, -0.1) is 0 Å². The van der Waals surface area contributed by atoms with Crippen molar-refractivity contribution in [3.05, 3.63) is 24.3 Å². The van der Waals surface area contributed by atoms with Gasteiger partial charge in [0.1, 0.15) is 0 Å². The number of hydrogen-bond acceptors (Lipinski definition) is 3. The summed E-state index contributed by atoms with van der Waals surface area (Å²) in [6.07, 6.45) is 9.82. The molecule has 0 unspecified atom stereocenters. The number of nitrogens with one attached hydrogen (secondary N) is 1. The third-order valence-corrected chi connectivity index (χ3v) is 6.90. The summed E-state index contributed by atoms with van der Waals surface area (Å²) in [4.78, 5) is 20.2. The van der Waals surface area contributed by atoms with E-state index in [1.54, 1.807) is 0 Å². The topological polar surface area (TPSA) is 50.2 Å². The van der Waals surface area contributed by atoms with E-state index < -0.39 is 0 Å². The molecule has 1 amide bonds. The lowest BCUT2D eigenvalue weighted by atomic mass is 9.89. The first-order valence-electron chi connectivity index (χ1n) is 12.1. The predicted molar refractivity (Wildman–Crippen MR) is 124 cm³/mol. The molecule has 0 bridgehead atoms. The average molecular weight is 411 g/mol. The van der Waals surface area contributed by atoms with E-state index in [2.05, 4.69) is 52.9 Å². The first kappa shape index (κ1) is 21.2.